The van der Waals surface area contributed by atoms with Crippen LogP contribution in [0.15, 0.2) is 0 Å². The van der Waals surface area contributed by atoms with Crippen LogP contribution in [0.1, 0.15) is 55.4 Å². The van der Waals surface area contributed by atoms with Crippen molar-refractivity contribution in [3.63, 3.8) is 0 Å². The fraction of sp³-hybridized carbons (Fsp3) is 1.00. The Kier molecular flexibility index (Phi) is 15.3. The van der Waals surface area contributed by atoms with Gasteiger partial charge in [-0.25, -0.2) is 0 Å². The van der Waals surface area contributed by atoms with E-state index >= 15 is 0 Å². The summed E-state index contributed by atoms with van der Waals surface area (Å²) in [5, 5.41) is 0. The van der Waals surface area contributed by atoms with E-state index in [1.807, 2.05) is 0 Å². The summed E-state index contributed by atoms with van der Waals surface area (Å²) in [6.45, 7) is 27.9. The van der Waals surface area contributed by atoms with E-state index in [1.165, 1.54) is 64.7 Å². The van der Waals surface area contributed by atoms with Crippen LogP contribution >= 0.6 is 16.4 Å². The molecule has 0 aromatic rings. The summed E-state index contributed by atoms with van der Waals surface area (Å²) in [5.74, 6) is 0. The van der Waals surface area contributed by atoms with Crippen LogP contribution in [-0.2, 0) is 0 Å². The smallest absolute Gasteiger partial charge is 0.0398 e. The molecule has 0 aliphatic carbocycles. The summed E-state index contributed by atoms with van der Waals surface area (Å²) >= 11 is 0. The zero-order valence-corrected chi connectivity index (χ0v) is 19.5. The van der Waals surface area contributed by atoms with Crippen molar-refractivity contribution in [3.8, 4) is 0 Å². The Labute approximate surface area is 155 Å². The molecule has 0 aromatic heterocycles. The van der Waals surface area contributed by atoms with Gasteiger partial charge >= 0.3 is 0 Å². The summed E-state index contributed by atoms with van der Waals surface area (Å²) < 4.78 is 10.8. The lowest BCUT2D eigenvalue weighted by Gasteiger charge is -2.41. The van der Waals surface area contributed by atoms with Crippen molar-refractivity contribution in [1.82, 2.24) is 18.7 Å². The van der Waals surface area contributed by atoms with Gasteiger partial charge in [0.2, 0.25) is 0 Å². The second kappa shape index (κ2) is 14.8. The quantitative estimate of drug-likeness (QED) is 0.373. The molecular weight excluding hydrogens is 334 g/mol. The average Bonchev–Trinajstić information content (AvgIpc) is 2.62. The molecule has 0 heterocycles. The van der Waals surface area contributed by atoms with E-state index in [9.17, 15) is 0 Å². The van der Waals surface area contributed by atoms with Crippen molar-refractivity contribution in [2.75, 3.05) is 64.7 Å². The second-order valence-electron chi connectivity index (χ2n) is 5.75. The molecular formula is C18H44N4P2. The first-order valence-corrected chi connectivity index (χ1v) is 13.0. The lowest BCUT2D eigenvalue weighted by atomic mass is 10.7. The molecule has 0 N–H and O–H groups in total. The zero-order chi connectivity index (χ0) is 18.5. The third-order valence-electron chi connectivity index (χ3n) is 4.73. The molecule has 0 saturated heterocycles. The first-order valence-electron chi connectivity index (χ1n) is 10.1. The Hall–Kier alpha value is 0.700. The minimum Gasteiger partial charge on any atom is -0.270 e. The minimum absolute atomic E-state index is 0.160. The predicted octanol–water partition coefficient (Wildman–Crippen LogP) is 4.98. The summed E-state index contributed by atoms with van der Waals surface area (Å²) in [5.41, 5.74) is 0. The summed E-state index contributed by atoms with van der Waals surface area (Å²) in [4.78, 5) is 0. The summed E-state index contributed by atoms with van der Waals surface area (Å²) in [6, 6.07) is 0. The van der Waals surface area contributed by atoms with Crippen LogP contribution in [0.3, 0.4) is 0 Å². The van der Waals surface area contributed by atoms with E-state index in [0.29, 0.717) is 0 Å². The standard InChI is InChI=1S/C18H44N4P2/c1-9-19(10-2)23(20(11-3)12-4)17-18-24(21(13-5)14-6)22(15-7)16-8/h9-18H2,1-8H3. The molecule has 0 aliphatic rings. The molecule has 0 aliphatic heterocycles. The van der Waals surface area contributed by atoms with E-state index < -0.39 is 0 Å². The highest BCUT2D eigenvalue weighted by Gasteiger charge is 2.26. The Morgan fingerprint density at radius 1 is 0.375 bits per heavy atom. The molecule has 0 unspecified atom stereocenters. The summed E-state index contributed by atoms with van der Waals surface area (Å²) in [6.07, 6.45) is 2.69. The highest BCUT2D eigenvalue weighted by Crippen LogP contribution is 2.50. The predicted molar refractivity (Wildman–Crippen MR) is 115 cm³/mol. The molecule has 4 nitrogen and oxygen atoms in total. The van der Waals surface area contributed by atoms with Gasteiger partial charge in [0.15, 0.2) is 0 Å². The van der Waals surface area contributed by atoms with Gasteiger partial charge in [0.25, 0.3) is 0 Å². The van der Waals surface area contributed by atoms with Crippen LogP contribution in [0, 0.1) is 0 Å². The lowest BCUT2D eigenvalue weighted by Crippen LogP contribution is -2.34. The van der Waals surface area contributed by atoms with Gasteiger partial charge in [-0.05, 0) is 0 Å². The van der Waals surface area contributed by atoms with Crippen LogP contribution in [0.4, 0.5) is 0 Å². The maximum absolute atomic E-state index is 2.71. The summed E-state index contributed by atoms with van der Waals surface area (Å²) in [7, 11) is -0.321. The highest BCUT2D eigenvalue weighted by molar-refractivity contribution is 7.56. The molecule has 0 bridgehead atoms. The van der Waals surface area contributed by atoms with E-state index in [2.05, 4.69) is 74.1 Å². The maximum Gasteiger partial charge on any atom is 0.0398 e. The van der Waals surface area contributed by atoms with E-state index in [0.717, 1.165) is 0 Å². The van der Waals surface area contributed by atoms with E-state index in [1.54, 1.807) is 0 Å². The molecule has 0 radical (unpaired) electrons. The van der Waals surface area contributed by atoms with Crippen molar-refractivity contribution < 1.29 is 0 Å². The Morgan fingerprint density at radius 2 is 0.542 bits per heavy atom. The number of rotatable bonds is 15. The second-order valence-corrected chi connectivity index (χ2v) is 10.4. The molecule has 0 saturated carbocycles. The number of hydrogen-bond donors (Lipinski definition) is 0. The average molecular weight is 379 g/mol. The molecule has 0 rings (SSSR count). The first kappa shape index (κ1) is 24.7. The van der Waals surface area contributed by atoms with Crippen LogP contribution < -0.4 is 0 Å². The monoisotopic (exact) mass is 378 g/mol. The largest absolute Gasteiger partial charge is 0.270 e. The van der Waals surface area contributed by atoms with Gasteiger partial charge in [0, 0.05) is 81.1 Å². The maximum atomic E-state index is 2.71. The normalized spacial score (nSPS) is 12.8. The highest BCUT2D eigenvalue weighted by atomic mass is 31.1. The van der Waals surface area contributed by atoms with Crippen LogP contribution in [0.2, 0.25) is 0 Å². The van der Waals surface area contributed by atoms with Gasteiger partial charge in [-0.2, -0.15) is 0 Å². The fourth-order valence-corrected chi connectivity index (χ4v) is 9.19. The molecule has 0 spiro atoms. The first-order chi connectivity index (χ1) is 11.6. The van der Waals surface area contributed by atoms with Crippen molar-refractivity contribution in [2.24, 2.45) is 0 Å². The molecule has 146 valence electrons. The van der Waals surface area contributed by atoms with Crippen LogP contribution in [-0.4, -0.2) is 83.4 Å². The van der Waals surface area contributed by atoms with Gasteiger partial charge in [-0.3, -0.25) is 18.7 Å². The van der Waals surface area contributed by atoms with Gasteiger partial charge in [-0.15, -0.1) is 0 Å². The molecule has 0 amide bonds. The van der Waals surface area contributed by atoms with Gasteiger partial charge in [0.1, 0.15) is 0 Å². The molecule has 0 fully saturated rings. The molecule has 0 atom stereocenters. The van der Waals surface area contributed by atoms with Crippen LogP contribution in [0.25, 0.3) is 0 Å². The van der Waals surface area contributed by atoms with E-state index in [4.69, 9.17) is 0 Å². The topological polar surface area (TPSA) is 13.0 Å². The molecule has 24 heavy (non-hydrogen) atoms. The third kappa shape index (κ3) is 7.52. The number of hydrogen-bond acceptors (Lipinski definition) is 4. The fourth-order valence-electron chi connectivity index (χ4n) is 3.30. The van der Waals surface area contributed by atoms with Gasteiger partial charge in [-0.1, -0.05) is 55.4 Å². The van der Waals surface area contributed by atoms with Crippen molar-refractivity contribution in [1.29, 1.82) is 0 Å². The van der Waals surface area contributed by atoms with Crippen molar-refractivity contribution >= 4 is 16.4 Å². The Morgan fingerprint density at radius 3 is 0.667 bits per heavy atom. The third-order valence-corrected chi connectivity index (χ3v) is 11.2. The number of nitrogens with zero attached hydrogens (tertiary/aromatic N) is 4. The molecule has 0 aromatic carbocycles. The lowest BCUT2D eigenvalue weighted by molar-refractivity contribution is 0.416. The zero-order valence-electron chi connectivity index (χ0n) is 17.8. The minimum atomic E-state index is -0.160. The van der Waals surface area contributed by atoms with Gasteiger partial charge < -0.3 is 0 Å². The Bertz CT molecular complexity index is 226. The SMILES string of the molecule is CCN(CC)P(CCP(N(CC)CC)N(CC)CC)N(CC)CC. The van der Waals surface area contributed by atoms with Crippen LogP contribution in [0.5, 0.6) is 0 Å². The van der Waals surface area contributed by atoms with Gasteiger partial charge in [0.05, 0.1) is 0 Å². The van der Waals surface area contributed by atoms with Crippen molar-refractivity contribution in [3.05, 3.63) is 0 Å². The van der Waals surface area contributed by atoms with E-state index in [-0.39, 0.29) is 16.4 Å². The Balaban J connectivity index is 5.19. The molecule has 6 heteroatoms. The van der Waals surface area contributed by atoms with Crippen molar-refractivity contribution in [2.45, 2.75) is 55.4 Å².